The van der Waals surface area contributed by atoms with Crippen LogP contribution in [0.2, 0.25) is 0 Å². The van der Waals surface area contributed by atoms with Crippen molar-refractivity contribution in [3.63, 3.8) is 0 Å². The zero-order valence-corrected chi connectivity index (χ0v) is 13.9. The molecule has 130 valence electrons. The number of carbonyl (C=O) groups is 2. The second-order valence-electron chi connectivity index (χ2n) is 6.31. The molecular weight excluding hydrogens is 315 g/mol. The van der Waals surface area contributed by atoms with Crippen LogP contribution in [0.1, 0.15) is 31.9 Å². The second kappa shape index (κ2) is 7.21. The van der Waals surface area contributed by atoms with E-state index >= 15 is 0 Å². The van der Waals surface area contributed by atoms with Crippen LogP contribution in [-0.2, 0) is 27.3 Å². The van der Waals surface area contributed by atoms with Crippen molar-refractivity contribution in [2.45, 2.75) is 39.5 Å². The summed E-state index contributed by atoms with van der Waals surface area (Å²) in [6.07, 6.45) is -0.621. The van der Waals surface area contributed by atoms with Gasteiger partial charge in [0, 0.05) is 12.1 Å². The van der Waals surface area contributed by atoms with Crippen molar-refractivity contribution in [3.8, 4) is 5.75 Å². The minimum atomic E-state index is -1.15. The molecule has 1 aliphatic heterocycles. The van der Waals surface area contributed by atoms with E-state index in [1.807, 2.05) is 0 Å². The van der Waals surface area contributed by atoms with E-state index in [1.54, 1.807) is 32.9 Å². The highest BCUT2D eigenvalue weighted by atomic mass is 16.6. The number of nitrogens with two attached hydrogens (primary N) is 1. The predicted molar refractivity (Wildman–Crippen MR) is 86.6 cm³/mol. The van der Waals surface area contributed by atoms with Gasteiger partial charge in [0.25, 0.3) is 0 Å². The maximum atomic E-state index is 11.8. The molecule has 1 aromatic rings. The monoisotopic (exact) mass is 336 g/mol. The van der Waals surface area contributed by atoms with Crippen LogP contribution >= 0.6 is 0 Å². The summed E-state index contributed by atoms with van der Waals surface area (Å²) < 4.78 is 15.5. The molecule has 0 atom stereocenters. The molecule has 9 heteroatoms. The van der Waals surface area contributed by atoms with Crippen LogP contribution in [-0.4, -0.2) is 36.4 Å². The highest BCUT2D eigenvalue weighted by Gasteiger charge is 2.32. The summed E-state index contributed by atoms with van der Waals surface area (Å²) in [5.74, 6) is -0.410. The van der Waals surface area contributed by atoms with Gasteiger partial charge in [-0.2, -0.15) is 0 Å². The van der Waals surface area contributed by atoms with E-state index < -0.39 is 24.8 Å². The Labute approximate surface area is 140 Å². The van der Waals surface area contributed by atoms with Gasteiger partial charge in [-0.15, -0.1) is 0 Å². The van der Waals surface area contributed by atoms with E-state index in [0.29, 0.717) is 11.0 Å². The van der Waals surface area contributed by atoms with E-state index in [2.05, 4.69) is 5.32 Å². The number of rotatable bonds is 4. The van der Waals surface area contributed by atoms with E-state index in [9.17, 15) is 14.6 Å². The van der Waals surface area contributed by atoms with Crippen LogP contribution in [0.4, 0.5) is 4.79 Å². The third-order valence-electron chi connectivity index (χ3n) is 3.25. The summed E-state index contributed by atoms with van der Waals surface area (Å²) in [5.41, 5.74) is 6.31. The number of hydrogen-bond donors (Lipinski definition) is 3. The summed E-state index contributed by atoms with van der Waals surface area (Å²) >= 11 is 0. The molecule has 0 saturated carbocycles. The van der Waals surface area contributed by atoms with E-state index in [4.69, 9.17) is 19.9 Å². The molecule has 24 heavy (non-hydrogen) atoms. The Kier molecular flexibility index (Phi) is 5.48. The Bertz CT molecular complexity index is 644. The SMILES string of the molecule is CC(C)(C)OC(=O)NCc1c(OC(=O)CN)ccc2c1B(O)OC2. The van der Waals surface area contributed by atoms with Crippen molar-refractivity contribution in [2.24, 2.45) is 5.73 Å². The van der Waals surface area contributed by atoms with Crippen molar-refractivity contribution in [3.05, 3.63) is 23.3 Å². The number of carbonyl (C=O) groups excluding carboxylic acids is 2. The maximum Gasteiger partial charge on any atom is 0.492 e. The van der Waals surface area contributed by atoms with Gasteiger partial charge in [0.15, 0.2) is 0 Å². The van der Waals surface area contributed by atoms with Gasteiger partial charge in [-0.25, -0.2) is 4.79 Å². The summed E-state index contributed by atoms with van der Waals surface area (Å²) in [6, 6.07) is 3.28. The lowest BCUT2D eigenvalue weighted by Crippen LogP contribution is -2.37. The number of fused-ring (bicyclic) bond motifs is 1. The van der Waals surface area contributed by atoms with Crippen molar-refractivity contribution in [1.82, 2.24) is 5.32 Å². The third-order valence-corrected chi connectivity index (χ3v) is 3.25. The molecule has 1 aliphatic rings. The molecule has 4 N–H and O–H groups in total. The van der Waals surface area contributed by atoms with Gasteiger partial charge in [-0.1, -0.05) is 6.07 Å². The lowest BCUT2D eigenvalue weighted by molar-refractivity contribution is -0.132. The van der Waals surface area contributed by atoms with Crippen LogP contribution in [0.25, 0.3) is 0 Å². The molecule has 0 spiro atoms. The highest BCUT2D eigenvalue weighted by molar-refractivity contribution is 6.62. The van der Waals surface area contributed by atoms with E-state index in [0.717, 1.165) is 5.56 Å². The number of hydrogen-bond acceptors (Lipinski definition) is 7. The molecular formula is C15H21BN2O6. The van der Waals surface area contributed by atoms with Crippen molar-refractivity contribution in [1.29, 1.82) is 0 Å². The van der Waals surface area contributed by atoms with Crippen molar-refractivity contribution >= 4 is 24.6 Å². The number of amides is 1. The largest absolute Gasteiger partial charge is 0.492 e. The topological polar surface area (TPSA) is 120 Å². The average Bonchev–Trinajstić information content (AvgIpc) is 2.86. The van der Waals surface area contributed by atoms with Gasteiger partial charge in [-0.05, 0) is 37.9 Å². The first-order chi connectivity index (χ1) is 11.2. The Morgan fingerprint density at radius 3 is 2.75 bits per heavy atom. The fourth-order valence-corrected chi connectivity index (χ4v) is 2.30. The second-order valence-corrected chi connectivity index (χ2v) is 6.31. The van der Waals surface area contributed by atoms with Crippen molar-refractivity contribution in [2.75, 3.05) is 6.54 Å². The van der Waals surface area contributed by atoms with Crippen LogP contribution < -0.4 is 21.3 Å². The molecule has 0 radical (unpaired) electrons. The molecule has 1 amide bonds. The van der Waals surface area contributed by atoms with Crippen LogP contribution in [0.3, 0.4) is 0 Å². The van der Waals surface area contributed by atoms with Gasteiger partial charge in [0.2, 0.25) is 0 Å². The lowest BCUT2D eigenvalue weighted by atomic mass is 9.76. The highest BCUT2D eigenvalue weighted by Crippen LogP contribution is 2.23. The fourth-order valence-electron chi connectivity index (χ4n) is 2.30. The van der Waals surface area contributed by atoms with Gasteiger partial charge < -0.3 is 30.2 Å². The molecule has 0 bridgehead atoms. The van der Waals surface area contributed by atoms with Gasteiger partial charge in [0.05, 0.1) is 13.2 Å². The first-order valence-corrected chi connectivity index (χ1v) is 7.53. The Morgan fingerprint density at radius 1 is 1.42 bits per heavy atom. The molecule has 0 saturated heterocycles. The predicted octanol–water partition coefficient (Wildman–Crippen LogP) is -0.207. The molecule has 0 aliphatic carbocycles. The normalized spacial score (nSPS) is 13.5. The number of ether oxygens (including phenoxy) is 2. The smallest absolute Gasteiger partial charge is 0.444 e. The van der Waals surface area contributed by atoms with Gasteiger partial charge in [0.1, 0.15) is 11.4 Å². The summed E-state index contributed by atoms with van der Waals surface area (Å²) in [4.78, 5) is 23.3. The molecule has 2 rings (SSSR count). The number of esters is 1. The molecule has 0 unspecified atom stereocenters. The van der Waals surface area contributed by atoms with Crippen LogP contribution in [0, 0.1) is 0 Å². The number of benzene rings is 1. The molecule has 1 heterocycles. The Balaban J connectivity index is 2.24. The minimum absolute atomic E-state index is 0.00565. The standard InChI is InChI=1S/C15H21BN2O6/c1-15(2,3)24-14(20)18-7-10-11(23-12(19)6-17)5-4-9-8-22-16(21)13(9)10/h4-5,21H,6-8,17H2,1-3H3,(H,18,20). The number of alkyl carbamates (subject to hydrolysis) is 1. The minimum Gasteiger partial charge on any atom is -0.444 e. The molecule has 0 aromatic heterocycles. The quantitative estimate of drug-likeness (QED) is 0.395. The van der Waals surface area contributed by atoms with Crippen LogP contribution in [0.15, 0.2) is 12.1 Å². The number of nitrogens with one attached hydrogen (secondary N) is 1. The van der Waals surface area contributed by atoms with Gasteiger partial charge in [-0.3, -0.25) is 4.79 Å². The first-order valence-electron chi connectivity index (χ1n) is 7.53. The summed E-state index contributed by atoms with van der Waals surface area (Å²) in [5, 5.41) is 12.6. The molecule has 8 nitrogen and oxygen atoms in total. The third kappa shape index (κ3) is 4.47. The summed E-state index contributed by atoms with van der Waals surface area (Å²) in [7, 11) is -1.15. The van der Waals surface area contributed by atoms with Crippen LogP contribution in [0.5, 0.6) is 5.75 Å². The summed E-state index contributed by atoms with van der Waals surface area (Å²) in [6.45, 7) is 5.21. The Morgan fingerprint density at radius 2 is 2.12 bits per heavy atom. The average molecular weight is 336 g/mol. The fraction of sp³-hybridized carbons (Fsp3) is 0.467. The Hall–Kier alpha value is -2.10. The maximum absolute atomic E-state index is 11.8. The first kappa shape index (κ1) is 18.2. The van der Waals surface area contributed by atoms with Crippen molar-refractivity contribution < 1.29 is 28.7 Å². The lowest BCUT2D eigenvalue weighted by Gasteiger charge is -2.20. The molecule has 0 fully saturated rings. The van der Waals surface area contributed by atoms with E-state index in [-0.39, 0.29) is 25.4 Å². The zero-order chi connectivity index (χ0) is 17.9. The molecule has 1 aromatic carbocycles. The van der Waals surface area contributed by atoms with E-state index in [1.165, 1.54) is 0 Å². The zero-order valence-electron chi connectivity index (χ0n) is 13.9. The van der Waals surface area contributed by atoms with Gasteiger partial charge >= 0.3 is 19.2 Å².